The summed E-state index contributed by atoms with van der Waals surface area (Å²) in [6.45, 7) is 0.445. The van der Waals surface area contributed by atoms with Gasteiger partial charge in [0.1, 0.15) is 15.5 Å². The summed E-state index contributed by atoms with van der Waals surface area (Å²) in [5.74, 6) is 0.446. The van der Waals surface area contributed by atoms with Gasteiger partial charge in [0.05, 0.1) is 46.5 Å². The number of sulfone groups is 1. The third kappa shape index (κ3) is 8.32. The quantitative estimate of drug-likeness (QED) is 0.148. The summed E-state index contributed by atoms with van der Waals surface area (Å²) >= 11 is 14.2. The zero-order chi connectivity index (χ0) is 38.9. The number of hydrogen-bond acceptors (Lipinski definition) is 9. The number of aromatic nitrogens is 3. The molecule has 2 amide bonds. The number of amides is 2. The van der Waals surface area contributed by atoms with Gasteiger partial charge in [-0.25, -0.2) is 23.2 Å². The van der Waals surface area contributed by atoms with Crippen molar-refractivity contribution in [1.29, 1.82) is 0 Å². The molecule has 2 aliphatic heterocycles. The Bertz CT molecular complexity index is 2460. The normalized spacial score (nSPS) is 16.9. The molecule has 5 heterocycles. The number of nitrogens with zero attached hydrogens (tertiary/aromatic N) is 4. The molecule has 286 valence electrons. The average molecular weight is 806 g/mol. The zero-order valence-corrected chi connectivity index (χ0v) is 32.1. The highest BCUT2D eigenvalue weighted by molar-refractivity contribution is 7.91. The third-order valence-corrected chi connectivity index (χ3v) is 12.6. The number of hydrogen-bond donors (Lipinski definition) is 3. The van der Waals surface area contributed by atoms with Crippen LogP contribution >= 0.6 is 23.2 Å². The second kappa shape index (κ2) is 16.0. The molecule has 0 radical (unpaired) electrons. The number of carbonyl (C=O) groups excluding carboxylic acids is 1. The van der Waals surface area contributed by atoms with E-state index in [1.165, 1.54) is 16.4 Å². The van der Waals surface area contributed by atoms with Crippen molar-refractivity contribution in [2.24, 2.45) is 0 Å². The number of halogens is 2. The minimum absolute atomic E-state index is 0.0158. The van der Waals surface area contributed by atoms with E-state index in [9.17, 15) is 27.9 Å². The van der Waals surface area contributed by atoms with Crippen LogP contribution in [-0.2, 0) is 27.7 Å². The highest BCUT2D eigenvalue weighted by Crippen LogP contribution is 2.42. The van der Waals surface area contributed by atoms with E-state index < -0.39 is 15.9 Å². The van der Waals surface area contributed by atoms with Gasteiger partial charge in [0, 0.05) is 71.8 Å². The number of carboxylic acid groups (broad SMARTS) is 1. The van der Waals surface area contributed by atoms with Crippen LogP contribution in [0.4, 0.5) is 4.79 Å². The minimum atomic E-state index is -2.98. The number of nitrogens with one attached hydrogen (secondary N) is 2. The molecule has 0 spiro atoms. The van der Waals surface area contributed by atoms with Gasteiger partial charge in [0.25, 0.3) is 5.56 Å². The molecule has 3 aromatic heterocycles. The van der Waals surface area contributed by atoms with Crippen LogP contribution < -0.4 is 20.9 Å². The summed E-state index contributed by atoms with van der Waals surface area (Å²) in [6.07, 6.45) is 4.07. The Balaban J connectivity index is 1.12. The van der Waals surface area contributed by atoms with Crippen molar-refractivity contribution < 1.29 is 27.9 Å². The molecular weight excluding hydrogens is 767 g/mol. The van der Waals surface area contributed by atoms with Crippen molar-refractivity contribution in [2.45, 2.75) is 50.9 Å². The number of pyridine rings is 2. The molecule has 13 nitrogen and oxygen atoms in total. The van der Waals surface area contributed by atoms with Crippen molar-refractivity contribution in [1.82, 2.24) is 29.9 Å². The first-order chi connectivity index (χ1) is 26.4. The Morgan fingerprint density at radius 3 is 2.35 bits per heavy atom. The first-order valence-electron chi connectivity index (χ1n) is 17.7. The molecule has 0 aliphatic carbocycles. The highest BCUT2D eigenvalue weighted by atomic mass is 35.5. The maximum absolute atomic E-state index is 13.3. The van der Waals surface area contributed by atoms with Crippen molar-refractivity contribution in [3.05, 3.63) is 105 Å². The molecule has 0 saturated carbocycles. The number of carbonyl (C=O) groups is 2. The highest BCUT2D eigenvalue weighted by Gasteiger charge is 2.27. The van der Waals surface area contributed by atoms with Crippen LogP contribution in [0.2, 0.25) is 10.0 Å². The standard InChI is InChI=1S/C39H38Cl2N6O7S/c1-54-37-24(21-46(39(50)51)22-27-9-11-34(48)44-27)8-10-32(45-37)31-7-3-6-30(36(31)41)29-5-2-4-28(35(29)40)23-12-15-47-33(18-23)43-20-25(38(47)49)19-42-26-13-16-55(52,53)17-14-26/h2-8,10,12,15,18,20,26-27,42H,9,11,13-14,16-17,19,21-22H2,1H3,(H,44,48)(H,50,51)/t27-/m0/s1. The largest absolute Gasteiger partial charge is 0.481 e. The van der Waals surface area contributed by atoms with Crippen LogP contribution in [0, 0.1) is 0 Å². The molecule has 2 aliphatic rings. The summed E-state index contributed by atoms with van der Waals surface area (Å²) < 4.78 is 30.6. The first-order valence-corrected chi connectivity index (χ1v) is 20.3. The smallest absolute Gasteiger partial charge is 0.407 e. The summed E-state index contributed by atoms with van der Waals surface area (Å²) in [6, 6.07) is 18.0. The monoisotopic (exact) mass is 804 g/mol. The van der Waals surface area contributed by atoms with Crippen LogP contribution in [0.5, 0.6) is 5.88 Å². The number of benzene rings is 2. The van der Waals surface area contributed by atoms with Gasteiger partial charge in [0.2, 0.25) is 11.8 Å². The van der Waals surface area contributed by atoms with Gasteiger partial charge < -0.3 is 25.4 Å². The average Bonchev–Trinajstić information content (AvgIpc) is 3.59. The van der Waals surface area contributed by atoms with Gasteiger partial charge in [-0.3, -0.25) is 14.0 Å². The Morgan fingerprint density at radius 1 is 0.982 bits per heavy atom. The fourth-order valence-corrected chi connectivity index (χ4v) is 9.22. The number of fused-ring (bicyclic) bond motifs is 1. The van der Waals surface area contributed by atoms with Crippen LogP contribution in [0.25, 0.3) is 39.2 Å². The van der Waals surface area contributed by atoms with E-state index in [1.54, 1.807) is 36.7 Å². The van der Waals surface area contributed by atoms with Gasteiger partial charge in [-0.2, -0.15) is 0 Å². The van der Waals surface area contributed by atoms with E-state index in [-0.39, 0.29) is 60.6 Å². The van der Waals surface area contributed by atoms with Crippen molar-refractivity contribution in [3.63, 3.8) is 0 Å². The van der Waals surface area contributed by atoms with Crippen LogP contribution in [0.1, 0.15) is 36.8 Å². The SMILES string of the molecule is COc1nc(-c2cccc(-c3cccc(-c4ccn5c(=O)c(CNC6CCS(=O)(=O)CC6)cnc5c4)c3Cl)c2Cl)ccc1CN(C[C@@H]1CCC(=O)N1)C(=O)O. The van der Waals surface area contributed by atoms with Crippen molar-refractivity contribution in [3.8, 4) is 39.4 Å². The zero-order valence-electron chi connectivity index (χ0n) is 29.8. The summed E-state index contributed by atoms with van der Waals surface area (Å²) in [5.41, 5.74) is 5.17. The number of methoxy groups -OCH3 is 1. The van der Waals surface area contributed by atoms with Gasteiger partial charge in [-0.05, 0) is 49.1 Å². The Labute approximate surface area is 327 Å². The molecule has 2 aromatic carbocycles. The molecule has 2 fully saturated rings. The van der Waals surface area contributed by atoms with E-state index in [0.717, 1.165) is 5.56 Å². The third-order valence-electron chi connectivity index (χ3n) is 10.1. The second-order valence-corrected chi connectivity index (χ2v) is 16.8. The fourth-order valence-electron chi connectivity index (χ4n) is 7.06. The van der Waals surface area contributed by atoms with Crippen LogP contribution in [0.15, 0.2) is 77.9 Å². The maximum Gasteiger partial charge on any atom is 0.407 e. The molecule has 16 heteroatoms. The Morgan fingerprint density at radius 2 is 1.67 bits per heavy atom. The summed E-state index contributed by atoms with van der Waals surface area (Å²) in [7, 11) is -1.51. The van der Waals surface area contributed by atoms with E-state index in [2.05, 4.69) is 15.6 Å². The first kappa shape index (κ1) is 38.3. The molecule has 0 bridgehead atoms. The molecule has 1 atom stereocenters. The minimum Gasteiger partial charge on any atom is -0.481 e. The molecule has 55 heavy (non-hydrogen) atoms. The fraction of sp³-hybridized carbons (Fsp3) is 0.308. The van der Waals surface area contributed by atoms with Crippen molar-refractivity contribution in [2.75, 3.05) is 25.2 Å². The topological polar surface area (TPSA) is 172 Å². The van der Waals surface area contributed by atoms with Gasteiger partial charge >= 0.3 is 6.09 Å². The summed E-state index contributed by atoms with van der Waals surface area (Å²) in [5, 5.41) is 16.8. The molecule has 7 rings (SSSR count). The Hall–Kier alpha value is -5.02. The predicted octanol–water partition coefficient (Wildman–Crippen LogP) is 5.83. The van der Waals surface area contributed by atoms with Crippen molar-refractivity contribution >= 4 is 50.7 Å². The Kier molecular flexibility index (Phi) is 11.1. The predicted molar refractivity (Wildman–Crippen MR) is 210 cm³/mol. The van der Waals surface area contributed by atoms with Crippen LogP contribution in [0.3, 0.4) is 0 Å². The lowest BCUT2D eigenvalue weighted by Crippen LogP contribution is -2.41. The lowest BCUT2D eigenvalue weighted by molar-refractivity contribution is -0.119. The van der Waals surface area contributed by atoms with Gasteiger partial charge in [-0.15, -0.1) is 0 Å². The van der Waals surface area contributed by atoms with E-state index in [4.69, 9.17) is 32.9 Å². The molecule has 5 aromatic rings. The van der Waals surface area contributed by atoms with E-state index in [1.807, 2.05) is 36.4 Å². The maximum atomic E-state index is 13.3. The molecular formula is C39H38Cl2N6O7S. The lowest BCUT2D eigenvalue weighted by Gasteiger charge is -2.23. The van der Waals surface area contributed by atoms with E-state index in [0.29, 0.717) is 80.5 Å². The summed E-state index contributed by atoms with van der Waals surface area (Å²) in [4.78, 5) is 47.6. The lowest BCUT2D eigenvalue weighted by atomic mass is 9.97. The second-order valence-electron chi connectivity index (χ2n) is 13.7. The molecule has 0 unspecified atom stereocenters. The number of ether oxygens (including phenoxy) is 1. The van der Waals surface area contributed by atoms with Gasteiger partial charge in [0.15, 0.2) is 0 Å². The van der Waals surface area contributed by atoms with Crippen LogP contribution in [-0.4, -0.2) is 82.0 Å². The molecule has 3 N–H and O–H groups in total. The van der Waals surface area contributed by atoms with Gasteiger partial charge in [-0.1, -0.05) is 59.6 Å². The van der Waals surface area contributed by atoms with E-state index >= 15 is 0 Å². The molecule has 2 saturated heterocycles. The number of rotatable bonds is 11.